The van der Waals surface area contributed by atoms with Crippen molar-refractivity contribution in [2.75, 3.05) is 7.05 Å². The number of hydrogen-bond acceptors (Lipinski definition) is 3. The van der Waals surface area contributed by atoms with Crippen molar-refractivity contribution in [3.05, 3.63) is 65.9 Å². The number of rotatable bonds is 5. The predicted molar refractivity (Wildman–Crippen MR) is 85.3 cm³/mol. The first-order valence-corrected chi connectivity index (χ1v) is 7.29. The largest absolute Gasteiger partial charge is 0.393 e. The van der Waals surface area contributed by atoms with Gasteiger partial charge in [-0.15, -0.1) is 0 Å². The SMILES string of the molecule is CN/C=C(\Cl)c1ccc(Sc2ccccc2)cc1C=O. The summed E-state index contributed by atoms with van der Waals surface area (Å²) in [5.41, 5.74) is 1.32. The normalized spacial score (nSPS) is 11.2. The van der Waals surface area contributed by atoms with Gasteiger partial charge in [-0.2, -0.15) is 0 Å². The Bertz CT molecular complexity index is 626. The summed E-state index contributed by atoms with van der Waals surface area (Å²) < 4.78 is 0. The van der Waals surface area contributed by atoms with E-state index in [9.17, 15) is 4.79 Å². The standard InChI is InChI=1S/C16H14ClNOS/c1-18-10-16(17)15-8-7-14(9-12(15)11-19)20-13-5-3-2-4-6-13/h2-11,18H,1H3/b16-10-. The van der Waals surface area contributed by atoms with Gasteiger partial charge in [-0.05, 0) is 24.3 Å². The minimum Gasteiger partial charge on any atom is -0.393 e. The molecule has 102 valence electrons. The van der Waals surface area contributed by atoms with E-state index in [-0.39, 0.29) is 0 Å². The Hall–Kier alpha value is -1.71. The number of halogens is 1. The number of nitrogens with one attached hydrogen (secondary N) is 1. The molecule has 0 aliphatic heterocycles. The van der Waals surface area contributed by atoms with Gasteiger partial charge in [-0.25, -0.2) is 0 Å². The highest BCUT2D eigenvalue weighted by molar-refractivity contribution is 7.99. The van der Waals surface area contributed by atoms with Gasteiger partial charge in [0.2, 0.25) is 0 Å². The third-order valence-electron chi connectivity index (χ3n) is 2.66. The molecule has 0 amide bonds. The molecule has 0 aliphatic carbocycles. The van der Waals surface area contributed by atoms with Crippen molar-refractivity contribution in [1.29, 1.82) is 0 Å². The van der Waals surface area contributed by atoms with Crippen LogP contribution in [0.3, 0.4) is 0 Å². The third kappa shape index (κ3) is 3.65. The van der Waals surface area contributed by atoms with Crippen LogP contribution in [0, 0.1) is 0 Å². The molecule has 2 aromatic rings. The number of carbonyl (C=O) groups excluding carboxylic acids is 1. The molecule has 20 heavy (non-hydrogen) atoms. The summed E-state index contributed by atoms with van der Waals surface area (Å²) in [6, 6.07) is 15.7. The Balaban J connectivity index is 2.30. The Morgan fingerprint density at radius 2 is 1.90 bits per heavy atom. The van der Waals surface area contributed by atoms with E-state index in [2.05, 4.69) is 5.32 Å². The van der Waals surface area contributed by atoms with E-state index >= 15 is 0 Å². The van der Waals surface area contributed by atoms with Gasteiger partial charge < -0.3 is 5.32 Å². The van der Waals surface area contributed by atoms with Gasteiger partial charge in [0.25, 0.3) is 0 Å². The second kappa shape index (κ2) is 7.17. The highest BCUT2D eigenvalue weighted by atomic mass is 35.5. The van der Waals surface area contributed by atoms with Crippen molar-refractivity contribution >= 4 is 34.7 Å². The molecule has 0 unspecified atom stereocenters. The van der Waals surface area contributed by atoms with Crippen LogP contribution in [0.25, 0.3) is 5.03 Å². The molecule has 0 radical (unpaired) electrons. The fourth-order valence-electron chi connectivity index (χ4n) is 1.75. The van der Waals surface area contributed by atoms with Gasteiger partial charge in [0.05, 0.1) is 5.03 Å². The van der Waals surface area contributed by atoms with Crippen molar-refractivity contribution in [2.24, 2.45) is 0 Å². The quantitative estimate of drug-likeness (QED) is 0.830. The van der Waals surface area contributed by atoms with Crippen LogP contribution in [0.5, 0.6) is 0 Å². The molecule has 0 spiro atoms. The van der Waals surface area contributed by atoms with E-state index in [1.54, 1.807) is 25.0 Å². The number of benzene rings is 2. The summed E-state index contributed by atoms with van der Waals surface area (Å²) in [7, 11) is 1.77. The molecule has 0 saturated heterocycles. The van der Waals surface area contributed by atoms with E-state index < -0.39 is 0 Å². The van der Waals surface area contributed by atoms with Crippen molar-refractivity contribution in [3.8, 4) is 0 Å². The number of carbonyl (C=O) groups is 1. The zero-order valence-electron chi connectivity index (χ0n) is 11.0. The minimum absolute atomic E-state index is 0.519. The molecule has 4 heteroatoms. The van der Waals surface area contributed by atoms with E-state index in [1.165, 1.54) is 0 Å². The van der Waals surface area contributed by atoms with Gasteiger partial charge >= 0.3 is 0 Å². The lowest BCUT2D eigenvalue weighted by atomic mass is 10.1. The molecule has 2 nitrogen and oxygen atoms in total. The molecule has 0 atom stereocenters. The molecular formula is C16H14ClNOS. The Morgan fingerprint density at radius 1 is 1.15 bits per heavy atom. The maximum atomic E-state index is 11.2. The van der Waals surface area contributed by atoms with Crippen LogP contribution in [-0.4, -0.2) is 13.3 Å². The first-order valence-electron chi connectivity index (χ1n) is 6.10. The van der Waals surface area contributed by atoms with Crippen molar-refractivity contribution < 1.29 is 4.79 Å². The molecule has 0 aliphatic rings. The molecule has 0 aromatic heterocycles. The molecule has 2 aromatic carbocycles. The lowest BCUT2D eigenvalue weighted by Crippen LogP contribution is -1.96. The van der Waals surface area contributed by atoms with Crippen LogP contribution in [0.2, 0.25) is 0 Å². The summed E-state index contributed by atoms with van der Waals surface area (Å²) in [5, 5.41) is 3.38. The third-order valence-corrected chi connectivity index (χ3v) is 3.97. The highest BCUT2D eigenvalue weighted by Crippen LogP contribution is 2.31. The summed E-state index contributed by atoms with van der Waals surface area (Å²) >= 11 is 7.75. The molecule has 2 rings (SSSR count). The van der Waals surface area contributed by atoms with Crippen molar-refractivity contribution in [2.45, 2.75) is 9.79 Å². The van der Waals surface area contributed by atoms with E-state index in [0.29, 0.717) is 10.6 Å². The monoisotopic (exact) mass is 303 g/mol. The van der Waals surface area contributed by atoms with Crippen LogP contribution in [0.1, 0.15) is 15.9 Å². The molecule has 0 fully saturated rings. The number of aldehydes is 1. The van der Waals surface area contributed by atoms with Gasteiger partial charge in [0, 0.05) is 34.2 Å². The van der Waals surface area contributed by atoms with Crippen LogP contribution >= 0.6 is 23.4 Å². The summed E-state index contributed by atoms with van der Waals surface area (Å²) in [4.78, 5) is 13.4. The fraction of sp³-hybridized carbons (Fsp3) is 0.0625. The average molecular weight is 304 g/mol. The van der Waals surface area contributed by atoms with Crippen LogP contribution in [0.15, 0.2) is 64.5 Å². The van der Waals surface area contributed by atoms with Crippen LogP contribution < -0.4 is 5.32 Å². The predicted octanol–water partition coefficient (Wildman–Crippen LogP) is 4.41. The smallest absolute Gasteiger partial charge is 0.150 e. The molecule has 1 N–H and O–H groups in total. The van der Waals surface area contributed by atoms with E-state index in [0.717, 1.165) is 21.6 Å². The average Bonchev–Trinajstić information content (AvgIpc) is 2.48. The topological polar surface area (TPSA) is 29.1 Å². The Kier molecular flexibility index (Phi) is 5.27. The molecule has 0 saturated carbocycles. The van der Waals surface area contributed by atoms with E-state index in [4.69, 9.17) is 11.6 Å². The molecule has 0 bridgehead atoms. The van der Waals surface area contributed by atoms with Crippen molar-refractivity contribution in [3.63, 3.8) is 0 Å². The first-order chi connectivity index (χ1) is 9.74. The molecule has 0 heterocycles. The lowest BCUT2D eigenvalue weighted by Gasteiger charge is -2.07. The maximum absolute atomic E-state index is 11.2. The molecular weight excluding hydrogens is 290 g/mol. The zero-order valence-corrected chi connectivity index (χ0v) is 12.5. The Labute approximate surface area is 127 Å². The van der Waals surface area contributed by atoms with Crippen molar-refractivity contribution in [1.82, 2.24) is 5.32 Å². The summed E-state index contributed by atoms with van der Waals surface area (Å²) in [5.74, 6) is 0. The zero-order chi connectivity index (χ0) is 14.4. The summed E-state index contributed by atoms with van der Waals surface area (Å²) in [6.07, 6.45) is 2.49. The minimum atomic E-state index is 0.519. The fourth-order valence-corrected chi connectivity index (χ4v) is 2.92. The lowest BCUT2D eigenvalue weighted by molar-refractivity contribution is 0.112. The van der Waals surface area contributed by atoms with Gasteiger partial charge in [0.1, 0.15) is 0 Å². The Morgan fingerprint density at radius 3 is 2.55 bits per heavy atom. The highest BCUT2D eigenvalue weighted by Gasteiger charge is 2.07. The first kappa shape index (κ1) is 14.7. The van der Waals surface area contributed by atoms with E-state index in [1.807, 2.05) is 48.5 Å². The summed E-state index contributed by atoms with van der Waals surface area (Å²) in [6.45, 7) is 0. The second-order valence-corrected chi connectivity index (χ2v) is 5.62. The van der Waals surface area contributed by atoms with Crippen LogP contribution in [0.4, 0.5) is 0 Å². The number of hydrogen-bond donors (Lipinski definition) is 1. The van der Waals surface area contributed by atoms with Gasteiger partial charge in [-0.1, -0.05) is 47.6 Å². The van der Waals surface area contributed by atoms with Gasteiger partial charge in [0.15, 0.2) is 6.29 Å². The van der Waals surface area contributed by atoms with Crippen LogP contribution in [-0.2, 0) is 0 Å². The van der Waals surface area contributed by atoms with Gasteiger partial charge in [-0.3, -0.25) is 4.79 Å². The second-order valence-electron chi connectivity index (χ2n) is 4.06. The maximum Gasteiger partial charge on any atom is 0.150 e.